The van der Waals surface area contributed by atoms with Crippen LogP contribution in [-0.4, -0.2) is 46.2 Å². The van der Waals surface area contributed by atoms with E-state index in [1.165, 1.54) is 4.31 Å². The number of aryl methyl sites for hydroxylation is 1. The van der Waals surface area contributed by atoms with E-state index in [-0.39, 0.29) is 12.4 Å². The van der Waals surface area contributed by atoms with Crippen molar-refractivity contribution in [2.75, 3.05) is 18.9 Å². The van der Waals surface area contributed by atoms with E-state index in [1.807, 2.05) is 47.8 Å². The largest absolute Gasteiger partial charge is 0.492 e. The first-order valence-corrected chi connectivity index (χ1v) is 10.1. The van der Waals surface area contributed by atoms with Gasteiger partial charge in [-0.2, -0.15) is 9.40 Å². The van der Waals surface area contributed by atoms with Gasteiger partial charge in [-0.1, -0.05) is 18.2 Å². The van der Waals surface area contributed by atoms with Crippen molar-refractivity contribution in [1.82, 2.24) is 18.9 Å². The molecule has 3 aromatic rings. The van der Waals surface area contributed by atoms with Gasteiger partial charge in [-0.15, -0.1) is 0 Å². The summed E-state index contributed by atoms with van der Waals surface area (Å²) in [5.41, 5.74) is 3.64. The molecule has 0 saturated heterocycles. The van der Waals surface area contributed by atoms with Gasteiger partial charge < -0.3 is 4.74 Å². The zero-order valence-electron chi connectivity index (χ0n) is 14.5. The Kier molecular flexibility index (Phi) is 4.37. The van der Waals surface area contributed by atoms with Crippen molar-refractivity contribution in [1.29, 1.82) is 0 Å². The minimum absolute atomic E-state index is 0.0478. The predicted molar refractivity (Wildman–Crippen MR) is 97.6 cm³/mol. The molecule has 0 radical (unpaired) electrons. The molecule has 8 heteroatoms. The second-order valence-corrected chi connectivity index (χ2v) is 8.44. The fourth-order valence-corrected chi connectivity index (χ4v) is 4.43. The summed E-state index contributed by atoms with van der Waals surface area (Å²) in [7, 11) is -3.39. The standard InChI is InChI=1S/C18H20N4O3S/c1-14-11-18-19-12-15-13-21(8-7-17(15)22(18)20-14)26(23,24)10-9-25-16-5-3-2-4-6-16/h2-6,11-12H,7-10,13H2,1H3. The monoisotopic (exact) mass is 372 g/mol. The Morgan fingerprint density at radius 2 is 2.04 bits per heavy atom. The lowest BCUT2D eigenvalue weighted by molar-refractivity contribution is 0.330. The van der Waals surface area contributed by atoms with Crippen molar-refractivity contribution in [3.05, 3.63) is 59.5 Å². The lowest BCUT2D eigenvalue weighted by atomic mass is 10.1. The summed E-state index contributed by atoms with van der Waals surface area (Å²) in [5.74, 6) is 0.626. The van der Waals surface area contributed by atoms with Crippen LogP contribution in [-0.2, 0) is 23.0 Å². The van der Waals surface area contributed by atoms with Crippen LogP contribution >= 0.6 is 0 Å². The molecule has 4 rings (SSSR count). The first kappa shape index (κ1) is 17.0. The summed E-state index contributed by atoms with van der Waals surface area (Å²) < 4.78 is 34.2. The van der Waals surface area contributed by atoms with Gasteiger partial charge in [0.15, 0.2) is 5.65 Å². The number of hydrogen-bond acceptors (Lipinski definition) is 5. The quantitative estimate of drug-likeness (QED) is 0.683. The van der Waals surface area contributed by atoms with Gasteiger partial charge in [-0.3, -0.25) is 0 Å². The van der Waals surface area contributed by atoms with Crippen LogP contribution < -0.4 is 4.74 Å². The average molecular weight is 372 g/mol. The van der Waals surface area contributed by atoms with Crippen molar-refractivity contribution >= 4 is 15.7 Å². The fraction of sp³-hybridized carbons (Fsp3) is 0.333. The van der Waals surface area contributed by atoms with Crippen molar-refractivity contribution in [3.8, 4) is 5.75 Å². The van der Waals surface area contributed by atoms with Crippen LogP contribution in [0.15, 0.2) is 42.6 Å². The van der Waals surface area contributed by atoms with Crippen molar-refractivity contribution in [2.45, 2.75) is 19.9 Å². The predicted octanol–water partition coefficient (Wildman–Crippen LogP) is 1.80. The molecule has 3 heterocycles. The second kappa shape index (κ2) is 6.69. The average Bonchev–Trinajstić information content (AvgIpc) is 3.03. The Bertz CT molecular complexity index is 1030. The van der Waals surface area contributed by atoms with Crippen LogP contribution in [0.3, 0.4) is 0 Å². The van der Waals surface area contributed by atoms with E-state index in [2.05, 4.69) is 10.1 Å². The topological polar surface area (TPSA) is 76.8 Å². The number of nitrogens with zero attached hydrogens (tertiary/aromatic N) is 4. The summed E-state index contributed by atoms with van der Waals surface area (Å²) in [6.45, 7) is 2.82. The highest BCUT2D eigenvalue weighted by molar-refractivity contribution is 7.89. The second-order valence-electron chi connectivity index (χ2n) is 6.35. The van der Waals surface area contributed by atoms with Gasteiger partial charge in [0.25, 0.3) is 0 Å². The summed E-state index contributed by atoms with van der Waals surface area (Å²) in [6.07, 6.45) is 2.38. The Hall–Kier alpha value is -2.45. The van der Waals surface area contributed by atoms with Crippen LogP contribution in [0.5, 0.6) is 5.75 Å². The van der Waals surface area contributed by atoms with Crippen molar-refractivity contribution < 1.29 is 13.2 Å². The summed E-state index contributed by atoms with van der Waals surface area (Å²) in [6, 6.07) is 11.1. The van der Waals surface area contributed by atoms with Gasteiger partial charge in [0, 0.05) is 37.3 Å². The molecule has 136 valence electrons. The third-order valence-corrected chi connectivity index (χ3v) is 6.26. The van der Waals surface area contributed by atoms with Gasteiger partial charge in [-0.05, 0) is 19.1 Å². The molecule has 0 bridgehead atoms. The van der Waals surface area contributed by atoms with Crippen molar-refractivity contribution in [3.63, 3.8) is 0 Å². The molecule has 1 aliphatic rings. The molecule has 1 aliphatic heterocycles. The van der Waals surface area contributed by atoms with Crippen molar-refractivity contribution in [2.24, 2.45) is 0 Å². The molecule has 0 atom stereocenters. The van der Waals surface area contributed by atoms with Gasteiger partial charge in [0.2, 0.25) is 10.0 Å². The molecular formula is C18H20N4O3S. The minimum atomic E-state index is -3.39. The normalized spacial score (nSPS) is 15.1. The minimum Gasteiger partial charge on any atom is -0.492 e. The van der Waals surface area contributed by atoms with Crippen LogP contribution in [0.1, 0.15) is 17.0 Å². The van der Waals surface area contributed by atoms with E-state index < -0.39 is 10.0 Å². The van der Waals surface area contributed by atoms with E-state index in [4.69, 9.17) is 4.74 Å². The van der Waals surface area contributed by atoms with Crippen LogP contribution in [0.25, 0.3) is 5.65 Å². The molecule has 0 fully saturated rings. The first-order chi connectivity index (χ1) is 12.5. The molecule has 2 aromatic heterocycles. The lowest BCUT2D eigenvalue weighted by Gasteiger charge is -2.28. The van der Waals surface area contributed by atoms with Crippen LogP contribution in [0.4, 0.5) is 0 Å². The zero-order chi connectivity index (χ0) is 18.1. The highest BCUT2D eigenvalue weighted by Gasteiger charge is 2.28. The highest BCUT2D eigenvalue weighted by Crippen LogP contribution is 2.22. The molecule has 0 unspecified atom stereocenters. The molecular weight excluding hydrogens is 352 g/mol. The molecule has 0 saturated carbocycles. The molecule has 0 N–H and O–H groups in total. The molecule has 0 aliphatic carbocycles. The SMILES string of the molecule is Cc1cc2ncc3c(n2n1)CCN(S(=O)(=O)CCOc1ccccc1)C3. The fourth-order valence-electron chi connectivity index (χ4n) is 3.18. The molecule has 7 nitrogen and oxygen atoms in total. The van der Waals surface area contributed by atoms with E-state index in [1.54, 1.807) is 6.20 Å². The molecule has 1 aromatic carbocycles. The van der Waals surface area contributed by atoms with E-state index in [9.17, 15) is 8.42 Å². The van der Waals surface area contributed by atoms with Gasteiger partial charge in [0.05, 0.1) is 17.1 Å². The molecule has 0 spiro atoms. The summed E-state index contributed by atoms with van der Waals surface area (Å²) in [5, 5.41) is 4.46. The molecule has 0 amide bonds. The third-order valence-electron chi connectivity index (χ3n) is 4.48. The maximum absolute atomic E-state index is 12.7. The number of ether oxygens (including phenoxy) is 1. The number of sulfonamides is 1. The van der Waals surface area contributed by atoms with Crippen LogP contribution in [0, 0.1) is 6.92 Å². The van der Waals surface area contributed by atoms with E-state index in [0.29, 0.717) is 25.3 Å². The Morgan fingerprint density at radius 1 is 1.23 bits per heavy atom. The van der Waals surface area contributed by atoms with Crippen LogP contribution in [0.2, 0.25) is 0 Å². The Morgan fingerprint density at radius 3 is 2.85 bits per heavy atom. The maximum atomic E-state index is 12.7. The number of hydrogen-bond donors (Lipinski definition) is 0. The van der Waals surface area contributed by atoms with Gasteiger partial charge >= 0.3 is 0 Å². The smallest absolute Gasteiger partial charge is 0.217 e. The Labute approximate surface area is 152 Å². The zero-order valence-corrected chi connectivity index (χ0v) is 15.3. The van der Waals surface area contributed by atoms with E-state index in [0.717, 1.165) is 22.6 Å². The highest BCUT2D eigenvalue weighted by atomic mass is 32.2. The van der Waals surface area contributed by atoms with Gasteiger partial charge in [0.1, 0.15) is 12.4 Å². The molecule has 26 heavy (non-hydrogen) atoms. The first-order valence-electron chi connectivity index (χ1n) is 8.52. The number of benzene rings is 1. The lowest BCUT2D eigenvalue weighted by Crippen LogP contribution is -2.39. The third kappa shape index (κ3) is 3.30. The Balaban J connectivity index is 1.46. The van der Waals surface area contributed by atoms with E-state index >= 15 is 0 Å². The maximum Gasteiger partial charge on any atom is 0.217 e. The number of para-hydroxylation sites is 1. The summed E-state index contributed by atoms with van der Waals surface area (Å²) >= 11 is 0. The van der Waals surface area contributed by atoms with Gasteiger partial charge in [-0.25, -0.2) is 17.9 Å². The number of rotatable bonds is 5. The summed E-state index contributed by atoms with van der Waals surface area (Å²) in [4.78, 5) is 4.39. The number of fused-ring (bicyclic) bond motifs is 3. The number of aromatic nitrogens is 3.